The van der Waals surface area contributed by atoms with Crippen LogP contribution in [0, 0.1) is 5.82 Å². The lowest BCUT2D eigenvalue weighted by Crippen LogP contribution is -2.52. The monoisotopic (exact) mass is 417 g/mol. The van der Waals surface area contributed by atoms with Gasteiger partial charge >= 0.3 is 0 Å². The van der Waals surface area contributed by atoms with Gasteiger partial charge in [0, 0.05) is 44.1 Å². The summed E-state index contributed by atoms with van der Waals surface area (Å²) in [5, 5.41) is 2.09. The maximum Gasteiger partial charge on any atom is 0.260 e. The van der Waals surface area contributed by atoms with Gasteiger partial charge in [-0.3, -0.25) is 14.5 Å². The molecule has 0 bridgehead atoms. The van der Waals surface area contributed by atoms with E-state index < -0.39 is 0 Å². The molecule has 2 aliphatic rings. The van der Waals surface area contributed by atoms with Gasteiger partial charge in [0.1, 0.15) is 11.6 Å². The van der Waals surface area contributed by atoms with Crippen LogP contribution in [0.4, 0.5) is 4.39 Å². The van der Waals surface area contributed by atoms with Crippen molar-refractivity contribution in [2.45, 2.75) is 13.0 Å². The van der Waals surface area contributed by atoms with Crippen molar-refractivity contribution < 1.29 is 18.7 Å². The van der Waals surface area contributed by atoms with Gasteiger partial charge in [0.25, 0.3) is 5.91 Å². The van der Waals surface area contributed by atoms with Crippen LogP contribution in [0.2, 0.25) is 0 Å². The summed E-state index contributed by atoms with van der Waals surface area (Å²) in [6.07, 6.45) is 0.940. The lowest BCUT2D eigenvalue weighted by molar-refractivity contribution is -0.136. The molecule has 1 saturated heterocycles. The minimum Gasteiger partial charge on any atom is -0.484 e. The Morgan fingerprint density at radius 3 is 2.48 bits per heavy atom. The number of amides is 2. The van der Waals surface area contributed by atoms with E-state index in [1.54, 1.807) is 16.2 Å². The zero-order chi connectivity index (χ0) is 20.2. The van der Waals surface area contributed by atoms with Crippen LogP contribution in [-0.2, 0) is 22.6 Å². The number of carbonyl (C=O) groups is 2. The molecule has 0 unspecified atom stereocenters. The minimum absolute atomic E-state index is 0.0681. The van der Waals surface area contributed by atoms with Crippen molar-refractivity contribution in [3.8, 4) is 5.75 Å². The molecule has 0 atom stereocenters. The van der Waals surface area contributed by atoms with Gasteiger partial charge in [-0.1, -0.05) is 0 Å². The largest absolute Gasteiger partial charge is 0.484 e. The first-order chi connectivity index (χ1) is 14.1. The second-order valence-corrected chi connectivity index (χ2v) is 8.33. The summed E-state index contributed by atoms with van der Waals surface area (Å²) in [6, 6.07) is 7.73. The maximum absolute atomic E-state index is 12.9. The van der Waals surface area contributed by atoms with Crippen molar-refractivity contribution in [3.63, 3.8) is 0 Å². The van der Waals surface area contributed by atoms with E-state index in [1.807, 2.05) is 4.90 Å². The molecule has 1 fully saturated rings. The third kappa shape index (κ3) is 4.94. The lowest BCUT2D eigenvalue weighted by atomic mass is 10.1. The van der Waals surface area contributed by atoms with Crippen molar-refractivity contribution in [2.24, 2.45) is 0 Å². The highest BCUT2D eigenvalue weighted by Gasteiger charge is 2.26. The number of ether oxygens (including phenoxy) is 1. The van der Waals surface area contributed by atoms with Crippen molar-refractivity contribution >= 4 is 23.2 Å². The second-order valence-electron chi connectivity index (χ2n) is 7.33. The van der Waals surface area contributed by atoms with Crippen molar-refractivity contribution in [1.29, 1.82) is 0 Å². The van der Waals surface area contributed by atoms with Gasteiger partial charge < -0.3 is 14.5 Å². The topological polar surface area (TPSA) is 53.1 Å². The molecule has 6 nitrogen and oxygen atoms in total. The van der Waals surface area contributed by atoms with Gasteiger partial charge in [0.2, 0.25) is 5.91 Å². The molecule has 1 aromatic carbocycles. The summed E-state index contributed by atoms with van der Waals surface area (Å²) >= 11 is 1.77. The average molecular weight is 418 g/mol. The summed E-state index contributed by atoms with van der Waals surface area (Å²) < 4.78 is 18.3. The van der Waals surface area contributed by atoms with Crippen LogP contribution in [0.1, 0.15) is 10.4 Å². The molecule has 0 saturated carbocycles. The number of hydrogen-bond acceptors (Lipinski definition) is 5. The molecular weight excluding hydrogens is 393 g/mol. The number of fused-ring (bicyclic) bond motifs is 1. The van der Waals surface area contributed by atoms with Crippen LogP contribution in [0.5, 0.6) is 5.75 Å². The Labute approximate surface area is 173 Å². The molecule has 8 heteroatoms. The summed E-state index contributed by atoms with van der Waals surface area (Å²) in [4.78, 5) is 32.2. The second kappa shape index (κ2) is 8.92. The molecular formula is C21H24FN3O3S. The maximum atomic E-state index is 12.9. The Bertz CT molecular complexity index is 862. The predicted octanol–water partition coefficient (Wildman–Crippen LogP) is 2.00. The van der Waals surface area contributed by atoms with E-state index in [1.165, 1.54) is 34.7 Å². The van der Waals surface area contributed by atoms with E-state index in [2.05, 4.69) is 16.3 Å². The van der Waals surface area contributed by atoms with Gasteiger partial charge in [-0.05, 0) is 47.7 Å². The Kier molecular flexibility index (Phi) is 6.10. The molecule has 4 rings (SSSR count). The molecule has 0 radical (unpaired) electrons. The number of benzene rings is 1. The van der Waals surface area contributed by atoms with Gasteiger partial charge in [0.05, 0.1) is 6.54 Å². The number of rotatable bonds is 5. The summed E-state index contributed by atoms with van der Waals surface area (Å²) in [6.45, 7) is 4.32. The molecule has 0 aliphatic carbocycles. The Balaban J connectivity index is 1.19. The molecule has 154 valence electrons. The standard InChI is InChI=1S/C21H24FN3O3S/c22-17-1-3-18(4-2-17)28-15-21(27)24-10-8-23(9-11-24)14-20(26)25-7-5-19-16(13-25)6-12-29-19/h1-4,6,12H,5,7-11,13-15H2. The molecule has 2 aliphatic heterocycles. The minimum atomic E-state index is -0.338. The van der Waals surface area contributed by atoms with Gasteiger partial charge in [0.15, 0.2) is 6.61 Å². The first-order valence-corrected chi connectivity index (χ1v) is 10.7. The highest BCUT2D eigenvalue weighted by molar-refractivity contribution is 7.10. The summed E-state index contributed by atoms with van der Waals surface area (Å²) in [7, 11) is 0. The van der Waals surface area contributed by atoms with Gasteiger partial charge in [-0.2, -0.15) is 0 Å². The number of halogens is 1. The molecule has 1 aromatic heterocycles. The van der Waals surface area contributed by atoms with Crippen molar-refractivity contribution in [1.82, 2.24) is 14.7 Å². The number of hydrogen-bond donors (Lipinski definition) is 0. The normalized spacial score (nSPS) is 17.1. The third-order valence-electron chi connectivity index (χ3n) is 5.42. The van der Waals surface area contributed by atoms with Gasteiger partial charge in [-0.15, -0.1) is 11.3 Å². The predicted molar refractivity (Wildman–Crippen MR) is 108 cm³/mol. The van der Waals surface area contributed by atoms with E-state index in [9.17, 15) is 14.0 Å². The molecule has 2 aromatic rings. The van der Waals surface area contributed by atoms with E-state index in [0.717, 1.165) is 13.0 Å². The number of carbonyl (C=O) groups excluding carboxylic acids is 2. The molecule has 2 amide bonds. The van der Waals surface area contributed by atoms with Crippen LogP contribution in [-0.4, -0.2) is 72.4 Å². The molecule has 0 spiro atoms. The lowest BCUT2D eigenvalue weighted by Gasteiger charge is -2.36. The van der Waals surface area contributed by atoms with Crippen LogP contribution in [0.25, 0.3) is 0 Å². The Hall–Kier alpha value is -2.45. The first-order valence-electron chi connectivity index (χ1n) is 9.80. The fraction of sp³-hybridized carbons (Fsp3) is 0.429. The summed E-state index contributed by atoms with van der Waals surface area (Å²) in [5.41, 5.74) is 1.27. The highest BCUT2D eigenvalue weighted by Crippen LogP contribution is 2.24. The third-order valence-corrected chi connectivity index (χ3v) is 6.44. The summed E-state index contributed by atoms with van der Waals surface area (Å²) in [5.74, 6) is 0.191. The van der Waals surface area contributed by atoms with E-state index in [0.29, 0.717) is 45.0 Å². The number of thiophene rings is 1. The average Bonchev–Trinajstić information content (AvgIpc) is 3.21. The first kappa shape index (κ1) is 19.8. The molecule has 3 heterocycles. The Morgan fingerprint density at radius 2 is 1.72 bits per heavy atom. The van der Waals surface area contributed by atoms with E-state index in [4.69, 9.17) is 4.74 Å². The van der Waals surface area contributed by atoms with Crippen LogP contribution in [0.15, 0.2) is 35.7 Å². The molecule has 29 heavy (non-hydrogen) atoms. The van der Waals surface area contributed by atoms with Crippen molar-refractivity contribution in [2.75, 3.05) is 45.9 Å². The Morgan fingerprint density at radius 1 is 0.966 bits per heavy atom. The van der Waals surface area contributed by atoms with E-state index >= 15 is 0 Å². The number of piperazine rings is 1. The van der Waals surface area contributed by atoms with Crippen LogP contribution >= 0.6 is 11.3 Å². The zero-order valence-corrected chi connectivity index (χ0v) is 17.0. The van der Waals surface area contributed by atoms with Crippen LogP contribution < -0.4 is 4.74 Å². The highest BCUT2D eigenvalue weighted by atomic mass is 32.1. The SMILES string of the molecule is O=C(COc1ccc(F)cc1)N1CCN(CC(=O)N2CCc3sccc3C2)CC1. The fourth-order valence-electron chi connectivity index (χ4n) is 3.68. The van der Waals surface area contributed by atoms with E-state index in [-0.39, 0.29) is 24.2 Å². The smallest absolute Gasteiger partial charge is 0.260 e. The zero-order valence-electron chi connectivity index (χ0n) is 16.2. The van der Waals surface area contributed by atoms with Crippen molar-refractivity contribution in [3.05, 3.63) is 52.0 Å². The van der Waals surface area contributed by atoms with Crippen LogP contribution in [0.3, 0.4) is 0 Å². The molecule has 0 N–H and O–H groups in total. The fourth-order valence-corrected chi connectivity index (χ4v) is 4.56. The number of nitrogens with zero attached hydrogens (tertiary/aromatic N) is 3. The van der Waals surface area contributed by atoms with Gasteiger partial charge in [-0.25, -0.2) is 4.39 Å². The quantitative estimate of drug-likeness (QED) is 0.747.